The van der Waals surface area contributed by atoms with Gasteiger partial charge in [-0.1, -0.05) is 6.07 Å². The molecule has 2 aliphatic rings. The molecule has 5 rings (SSSR count). The van der Waals surface area contributed by atoms with Crippen LogP contribution in [0.5, 0.6) is 5.75 Å². The van der Waals surface area contributed by atoms with E-state index < -0.39 is 11.6 Å². The van der Waals surface area contributed by atoms with E-state index in [1.807, 2.05) is 26.8 Å². The lowest BCUT2D eigenvalue weighted by Crippen LogP contribution is -2.42. The number of nitrogens with zero attached hydrogens (tertiary/aromatic N) is 3. The Balaban J connectivity index is 1.50. The maximum Gasteiger partial charge on any atom is 0.227 e. The van der Waals surface area contributed by atoms with Gasteiger partial charge >= 0.3 is 0 Å². The third-order valence-electron chi connectivity index (χ3n) is 6.10. The minimum Gasteiger partial charge on any atom is -0.484 e. The summed E-state index contributed by atoms with van der Waals surface area (Å²) in [4.78, 5) is 10.6. The van der Waals surface area contributed by atoms with Crippen LogP contribution >= 0.6 is 0 Å². The number of hydrogen-bond acceptors (Lipinski definition) is 6. The number of halogens is 2. The first-order chi connectivity index (χ1) is 15.9. The van der Waals surface area contributed by atoms with E-state index in [2.05, 4.69) is 37.6 Å². The van der Waals surface area contributed by atoms with E-state index in [-0.39, 0.29) is 29.5 Å². The first-order valence-corrected chi connectivity index (χ1v) is 11.3. The summed E-state index contributed by atoms with van der Waals surface area (Å²) in [5.41, 5.74) is 4.35. The summed E-state index contributed by atoms with van der Waals surface area (Å²) in [5, 5.41) is 6.51. The van der Waals surface area contributed by atoms with Crippen molar-refractivity contribution in [1.29, 1.82) is 0 Å². The van der Waals surface area contributed by atoms with Gasteiger partial charge < -0.3 is 20.3 Å². The molecule has 0 radical (unpaired) electrons. The summed E-state index contributed by atoms with van der Waals surface area (Å²) < 4.78 is 35.6. The second kappa shape index (κ2) is 8.59. The van der Waals surface area contributed by atoms with Crippen molar-refractivity contribution in [3.8, 4) is 17.0 Å². The van der Waals surface area contributed by atoms with E-state index in [1.165, 1.54) is 17.2 Å². The monoisotopic (exact) mass is 451 g/mol. The molecule has 0 bridgehead atoms. The van der Waals surface area contributed by atoms with Crippen molar-refractivity contribution >= 4 is 17.3 Å². The van der Waals surface area contributed by atoms with Crippen LogP contribution in [0, 0.1) is 11.6 Å². The van der Waals surface area contributed by atoms with Crippen LogP contribution in [0.1, 0.15) is 31.9 Å². The molecule has 1 unspecified atom stereocenters. The summed E-state index contributed by atoms with van der Waals surface area (Å²) in [6, 6.07) is 9.24. The molecule has 6 nitrogen and oxygen atoms in total. The van der Waals surface area contributed by atoms with Gasteiger partial charge in [-0.25, -0.2) is 18.7 Å². The molecule has 3 aromatic rings. The Morgan fingerprint density at radius 1 is 1.15 bits per heavy atom. The number of aromatic nitrogens is 2. The standard InChI is InChI=1S/C25H27F2N5O/c1-14(2)32-13-15(3)33-24-20(26)9-18(10-22(24)32)23-21(27)12-29-25(31-23)30-19-5-4-17-11-28-7-6-16(17)8-19/h4-5,8-10,12,14-15,28H,6-7,11,13H2,1-3H3,(H,29,30,31). The van der Waals surface area contributed by atoms with Crippen LogP contribution in [0.25, 0.3) is 11.3 Å². The number of benzene rings is 2. The minimum atomic E-state index is -0.613. The van der Waals surface area contributed by atoms with Crippen molar-refractivity contribution in [1.82, 2.24) is 15.3 Å². The Kier molecular flexibility index (Phi) is 5.62. The molecule has 1 atom stereocenters. The summed E-state index contributed by atoms with van der Waals surface area (Å²) in [7, 11) is 0. The van der Waals surface area contributed by atoms with E-state index in [1.54, 1.807) is 6.07 Å². The summed E-state index contributed by atoms with van der Waals surface area (Å²) >= 11 is 0. The van der Waals surface area contributed by atoms with Crippen molar-refractivity contribution in [3.63, 3.8) is 0 Å². The maximum atomic E-state index is 15.0. The maximum absolute atomic E-state index is 15.0. The first kappa shape index (κ1) is 21.6. The van der Waals surface area contributed by atoms with E-state index in [9.17, 15) is 4.39 Å². The molecule has 3 heterocycles. The molecule has 0 saturated heterocycles. The second-order valence-electron chi connectivity index (χ2n) is 8.91. The number of ether oxygens (including phenoxy) is 1. The Morgan fingerprint density at radius 2 is 2.00 bits per heavy atom. The third kappa shape index (κ3) is 4.23. The van der Waals surface area contributed by atoms with Gasteiger partial charge in [0.25, 0.3) is 0 Å². The van der Waals surface area contributed by atoms with E-state index in [4.69, 9.17) is 4.74 Å². The lowest BCUT2D eigenvalue weighted by molar-refractivity contribution is 0.199. The molecule has 0 amide bonds. The van der Waals surface area contributed by atoms with Gasteiger partial charge in [-0.3, -0.25) is 0 Å². The zero-order chi connectivity index (χ0) is 23.1. The largest absolute Gasteiger partial charge is 0.484 e. The highest BCUT2D eigenvalue weighted by molar-refractivity contribution is 5.73. The number of fused-ring (bicyclic) bond motifs is 2. The fourth-order valence-electron chi connectivity index (χ4n) is 4.46. The zero-order valence-corrected chi connectivity index (χ0v) is 19.0. The number of rotatable bonds is 4. The van der Waals surface area contributed by atoms with Gasteiger partial charge in [0.1, 0.15) is 11.8 Å². The van der Waals surface area contributed by atoms with Crippen LogP contribution in [0.2, 0.25) is 0 Å². The van der Waals surface area contributed by atoms with Crippen molar-refractivity contribution in [3.05, 3.63) is 59.3 Å². The Morgan fingerprint density at radius 3 is 2.82 bits per heavy atom. The van der Waals surface area contributed by atoms with Crippen LogP contribution in [-0.2, 0) is 13.0 Å². The van der Waals surface area contributed by atoms with Crippen LogP contribution in [0.3, 0.4) is 0 Å². The highest BCUT2D eigenvalue weighted by Crippen LogP contribution is 2.40. The van der Waals surface area contributed by atoms with E-state index in [0.717, 1.165) is 31.4 Å². The average molecular weight is 452 g/mol. The highest BCUT2D eigenvalue weighted by Gasteiger charge is 2.29. The van der Waals surface area contributed by atoms with Gasteiger partial charge in [0.05, 0.1) is 18.4 Å². The van der Waals surface area contributed by atoms with Gasteiger partial charge in [-0.2, -0.15) is 0 Å². The van der Waals surface area contributed by atoms with Crippen molar-refractivity contribution < 1.29 is 13.5 Å². The van der Waals surface area contributed by atoms with Crippen LogP contribution < -0.4 is 20.3 Å². The van der Waals surface area contributed by atoms with Crippen molar-refractivity contribution in [2.75, 3.05) is 23.3 Å². The van der Waals surface area contributed by atoms with Gasteiger partial charge in [0.2, 0.25) is 5.95 Å². The fourth-order valence-corrected chi connectivity index (χ4v) is 4.46. The predicted octanol–water partition coefficient (Wildman–Crippen LogP) is 4.81. The second-order valence-corrected chi connectivity index (χ2v) is 8.91. The van der Waals surface area contributed by atoms with Crippen LogP contribution in [-0.4, -0.2) is 35.2 Å². The quantitative estimate of drug-likeness (QED) is 0.594. The molecule has 8 heteroatoms. The molecular weight excluding hydrogens is 424 g/mol. The van der Waals surface area contributed by atoms with Gasteiger partial charge in [-0.15, -0.1) is 0 Å². The Hall–Kier alpha value is -3.26. The molecule has 172 valence electrons. The predicted molar refractivity (Wildman–Crippen MR) is 125 cm³/mol. The molecule has 2 aliphatic heterocycles. The highest BCUT2D eigenvalue weighted by atomic mass is 19.1. The van der Waals surface area contributed by atoms with Crippen molar-refractivity contribution in [2.24, 2.45) is 0 Å². The molecule has 2 aromatic carbocycles. The smallest absolute Gasteiger partial charge is 0.227 e. The van der Waals surface area contributed by atoms with E-state index in [0.29, 0.717) is 17.8 Å². The first-order valence-electron chi connectivity index (χ1n) is 11.3. The topological polar surface area (TPSA) is 62.3 Å². The van der Waals surface area contributed by atoms with Crippen LogP contribution in [0.4, 0.5) is 26.1 Å². The van der Waals surface area contributed by atoms with Gasteiger partial charge in [-0.05, 0) is 69.1 Å². The normalized spacial score (nSPS) is 17.4. The number of nitrogens with one attached hydrogen (secondary N) is 2. The van der Waals surface area contributed by atoms with Gasteiger partial charge in [0, 0.05) is 23.8 Å². The summed E-state index contributed by atoms with van der Waals surface area (Å²) in [6.07, 6.45) is 1.92. The molecular formula is C25H27F2N5O. The molecule has 0 saturated carbocycles. The molecule has 0 aliphatic carbocycles. The summed E-state index contributed by atoms with van der Waals surface area (Å²) in [6.45, 7) is 8.40. The lowest BCUT2D eigenvalue weighted by atomic mass is 10.0. The number of hydrogen-bond donors (Lipinski definition) is 2. The molecule has 0 fully saturated rings. The Bertz CT molecular complexity index is 1200. The molecule has 1 aromatic heterocycles. The third-order valence-corrected chi connectivity index (χ3v) is 6.10. The van der Waals surface area contributed by atoms with Crippen LogP contribution in [0.15, 0.2) is 36.5 Å². The molecule has 2 N–H and O–H groups in total. The minimum absolute atomic E-state index is 0.0405. The van der Waals surface area contributed by atoms with Crippen molar-refractivity contribution in [2.45, 2.75) is 45.9 Å². The van der Waals surface area contributed by atoms with E-state index >= 15 is 4.39 Å². The van der Waals surface area contributed by atoms with Gasteiger partial charge in [0.15, 0.2) is 17.4 Å². The Labute approximate surface area is 192 Å². The zero-order valence-electron chi connectivity index (χ0n) is 19.0. The summed E-state index contributed by atoms with van der Waals surface area (Å²) in [5.74, 6) is -0.695. The fraction of sp³-hybridized carbons (Fsp3) is 0.360. The SMILES string of the molecule is CC1CN(C(C)C)c2cc(-c3nc(Nc4ccc5c(c4)CCNC5)ncc3F)cc(F)c2O1. The lowest BCUT2D eigenvalue weighted by Gasteiger charge is -2.38. The molecule has 33 heavy (non-hydrogen) atoms. The average Bonchev–Trinajstić information content (AvgIpc) is 2.80. The number of anilines is 3. The molecule has 0 spiro atoms.